The summed E-state index contributed by atoms with van der Waals surface area (Å²) in [5, 5.41) is 4.06. The third kappa shape index (κ3) is 4.40. The Morgan fingerprint density at radius 3 is 3.12 bits per heavy atom. The molecule has 134 valence electrons. The number of methoxy groups -OCH3 is 1. The Hall–Kier alpha value is -2.32. The molecule has 1 fully saturated rings. The summed E-state index contributed by atoms with van der Waals surface area (Å²) >= 11 is 0. The van der Waals surface area contributed by atoms with Crippen LogP contribution in [-0.4, -0.2) is 52.8 Å². The lowest BCUT2D eigenvalue weighted by Crippen LogP contribution is -2.39. The predicted molar refractivity (Wildman–Crippen MR) is 87.7 cm³/mol. The molecule has 1 atom stereocenters. The number of piperidine rings is 1. The van der Waals surface area contributed by atoms with Crippen molar-refractivity contribution in [2.45, 2.75) is 31.9 Å². The molecule has 0 aliphatic carbocycles. The summed E-state index contributed by atoms with van der Waals surface area (Å²) in [5.41, 5.74) is 0.570. The molecule has 1 aliphatic rings. The van der Waals surface area contributed by atoms with Crippen molar-refractivity contribution in [3.05, 3.63) is 41.8 Å². The Balaban J connectivity index is 1.69. The van der Waals surface area contributed by atoms with E-state index in [-0.39, 0.29) is 18.6 Å². The summed E-state index contributed by atoms with van der Waals surface area (Å²) < 4.78 is 15.6. The normalized spacial score (nSPS) is 17.6. The second-order valence-electron chi connectivity index (χ2n) is 5.84. The highest BCUT2D eigenvalue weighted by molar-refractivity contribution is 5.94. The molecule has 8 heteroatoms. The first-order chi connectivity index (χ1) is 12.3. The van der Waals surface area contributed by atoms with Crippen LogP contribution in [0.25, 0.3) is 0 Å². The fourth-order valence-electron chi connectivity index (χ4n) is 2.86. The minimum Gasteiger partial charge on any atom is -0.382 e. The van der Waals surface area contributed by atoms with Crippen LogP contribution in [0.2, 0.25) is 0 Å². The van der Waals surface area contributed by atoms with Crippen LogP contribution >= 0.6 is 0 Å². The first-order valence-electron chi connectivity index (χ1n) is 8.39. The van der Waals surface area contributed by atoms with Crippen molar-refractivity contribution in [1.29, 1.82) is 0 Å². The topological polar surface area (TPSA) is 90.6 Å². The summed E-state index contributed by atoms with van der Waals surface area (Å²) in [6.45, 7) is 1.88. The third-order valence-electron chi connectivity index (χ3n) is 4.11. The predicted octanol–water partition coefficient (Wildman–Crippen LogP) is 2.00. The molecule has 0 N–H and O–H groups in total. The third-order valence-corrected chi connectivity index (χ3v) is 4.11. The Morgan fingerprint density at radius 2 is 2.32 bits per heavy atom. The molecule has 2 aromatic rings. The fourth-order valence-corrected chi connectivity index (χ4v) is 2.86. The quantitative estimate of drug-likeness (QED) is 0.708. The number of rotatable bonds is 7. The van der Waals surface area contributed by atoms with Crippen LogP contribution in [0.1, 0.15) is 47.4 Å². The Labute approximate surface area is 146 Å². The van der Waals surface area contributed by atoms with Gasteiger partial charge < -0.3 is 18.9 Å². The largest absolute Gasteiger partial charge is 0.382 e. The van der Waals surface area contributed by atoms with Gasteiger partial charge in [0.05, 0.1) is 24.8 Å². The minimum atomic E-state index is -0.182. The van der Waals surface area contributed by atoms with Gasteiger partial charge in [-0.05, 0) is 31.4 Å². The van der Waals surface area contributed by atoms with E-state index >= 15 is 0 Å². The Kier molecular flexibility index (Phi) is 6.08. The number of nitrogens with zero attached hydrogens (tertiary/aromatic N) is 4. The van der Waals surface area contributed by atoms with E-state index in [1.165, 1.54) is 0 Å². The zero-order chi connectivity index (χ0) is 17.5. The van der Waals surface area contributed by atoms with E-state index in [0.717, 1.165) is 19.3 Å². The van der Waals surface area contributed by atoms with Gasteiger partial charge in [0.15, 0.2) is 5.82 Å². The Bertz CT molecular complexity index is 676. The highest BCUT2D eigenvalue weighted by Gasteiger charge is 2.32. The molecular weight excluding hydrogens is 324 g/mol. The molecule has 2 aromatic heterocycles. The van der Waals surface area contributed by atoms with Crippen LogP contribution in [0, 0.1) is 0 Å². The summed E-state index contributed by atoms with van der Waals surface area (Å²) in [4.78, 5) is 23.0. The highest BCUT2D eigenvalue weighted by atomic mass is 16.5. The van der Waals surface area contributed by atoms with Gasteiger partial charge in [0.1, 0.15) is 6.61 Å². The number of likely N-dealkylation sites (tertiary alicyclic amines) is 1. The van der Waals surface area contributed by atoms with E-state index in [1.54, 1.807) is 36.5 Å². The smallest absolute Gasteiger partial charge is 0.256 e. The van der Waals surface area contributed by atoms with Crippen LogP contribution in [0.5, 0.6) is 0 Å². The number of pyridine rings is 1. The number of ether oxygens (including phenoxy) is 2. The number of aromatic nitrogens is 3. The second-order valence-corrected chi connectivity index (χ2v) is 5.84. The van der Waals surface area contributed by atoms with Gasteiger partial charge in [0.25, 0.3) is 11.8 Å². The SMILES string of the molecule is COCCOCc1nc(C2CCCCN2C(=O)c2cccnc2)no1. The molecule has 1 aliphatic heterocycles. The molecule has 8 nitrogen and oxygen atoms in total. The van der Waals surface area contributed by atoms with Crippen molar-refractivity contribution in [3.63, 3.8) is 0 Å². The molecule has 0 radical (unpaired) electrons. The molecule has 25 heavy (non-hydrogen) atoms. The first-order valence-corrected chi connectivity index (χ1v) is 8.39. The van der Waals surface area contributed by atoms with Crippen LogP contribution in [0.15, 0.2) is 29.0 Å². The van der Waals surface area contributed by atoms with Crippen LogP contribution in [0.3, 0.4) is 0 Å². The van der Waals surface area contributed by atoms with Crippen LogP contribution in [-0.2, 0) is 16.1 Å². The van der Waals surface area contributed by atoms with Crippen molar-refractivity contribution in [2.75, 3.05) is 26.9 Å². The maximum atomic E-state index is 12.8. The summed E-state index contributed by atoms with van der Waals surface area (Å²) in [7, 11) is 1.62. The van der Waals surface area contributed by atoms with E-state index in [9.17, 15) is 4.79 Å². The lowest BCUT2D eigenvalue weighted by atomic mass is 10.0. The number of amides is 1. The number of carbonyl (C=O) groups excluding carboxylic acids is 1. The van der Waals surface area contributed by atoms with E-state index in [0.29, 0.717) is 37.0 Å². The van der Waals surface area contributed by atoms with Crippen molar-refractivity contribution in [3.8, 4) is 0 Å². The molecular formula is C17H22N4O4. The fraction of sp³-hybridized carbons (Fsp3) is 0.529. The molecule has 1 amide bonds. The average Bonchev–Trinajstić information content (AvgIpc) is 3.14. The molecule has 3 heterocycles. The van der Waals surface area contributed by atoms with Gasteiger partial charge in [-0.3, -0.25) is 9.78 Å². The van der Waals surface area contributed by atoms with Crippen molar-refractivity contribution >= 4 is 5.91 Å². The van der Waals surface area contributed by atoms with Crippen molar-refractivity contribution in [2.24, 2.45) is 0 Å². The standard InChI is InChI=1S/C17H22N4O4/c1-23-9-10-24-12-15-19-16(20-25-15)14-6-2-3-8-21(14)17(22)13-5-4-7-18-11-13/h4-5,7,11,14H,2-3,6,8-10,12H2,1H3. The van der Waals surface area contributed by atoms with Crippen LogP contribution in [0.4, 0.5) is 0 Å². The van der Waals surface area contributed by atoms with Gasteiger partial charge in [0.2, 0.25) is 0 Å². The van der Waals surface area contributed by atoms with E-state index < -0.39 is 0 Å². The summed E-state index contributed by atoms with van der Waals surface area (Å²) in [6, 6.07) is 3.35. The molecule has 1 unspecified atom stereocenters. The van der Waals surface area contributed by atoms with Gasteiger partial charge in [-0.15, -0.1) is 0 Å². The van der Waals surface area contributed by atoms with Crippen LogP contribution < -0.4 is 0 Å². The lowest BCUT2D eigenvalue weighted by Gasteiger charge is -2.33. The van der Waals surface area contributed by atoms with Gasteiger partial charge in [-0.2, -0.15) is 4.98 Å². The molecule has 0 saturated carbocycles. The molecule has 3 rings (SSSR count). The minimum absolute atomic E-state index is 0.0551. The summed E-state index contributed by atoms with van der Waals surface area (Å²) in [5.74, 6) is 0.883. The monoisotopic (exact) mass is 346 g/mol. The number of hydrogen-bond donors (Lipinski definition) is 0. The maximum absolute atomic E-state index is 12.8. The van der Waals surface area contributed by atoms with Gasteiger partial charge in [0, 0.05) is 26.0 Å². The molecule has 0 spiro atoms. The lowest BCUT2D eigenvalue weighted by molar-refractivity contribution is 0.0494. The van der Waals surface area contributed by atoms with Gasteiger partial charge >= 0.3 is 0 Å². The van der Waals surface area contributed by atoms with Crippen molar-refractivity contribution < 1.29 is 18.8 Å². The van der Waals surface area contributed by atoms with E-state index in [2.05, 4.69) is 15.1 Å². The number of carbonyl (C=O) groups is 1. The zero-order valence-electron chi connectivity index (χ0n) is 14.3. The van der Waals surface area contributed by atoms with E-state index in [4.69, 9.17) is 14.0 Å². The second kappa shape index (κ2) is 8.68. The maximum Gasteiger partial charge on any atom is 0.256 e. The first kappa shape index (κ1) is 17.5. The highest BCUT2D eigenvalue weighted by Crippen LogP contribution is 2.30. The molecule has 0 aromatic carbocycles. The Morgan fingerprint density at radius 1 is 1.40 bits per heavy atom. The van der Waals surface area contributed by atoms with Crippen molar-refractivity contribution in [1.82, 2.24) is 20.0 Å². The molecule has 1 saturated heterocycles. The van der Waals surface area contributed by atoms with Gasteiger partial charge in [-0.1, -0.05) is 5.16 Å². The number of hydrogen-bond acceptors (Lipinski definition) is 7. The van der Waals surface area contributed by atoms with Gasteiger partial charge in [-0.25, -0.2) is 0 Å². The summed E-state index contributed by atoms with van der Waals surface area (Å²) in [6.07, 6.45) is 6.04. The zero-order valence-corrected chi connectivity index (χ0v) is 14.3. The van der Waals surface area contributed by atoms with E-state index in [1.807, 2.05) is 0 Å². The molecule has 0 bridgehead atoms. The average molecular weight is 346 g/mol.